The van der Waals surface area contributed by atoms with Gasteiger partial charge in [-0.05, 0) is 55.3 Å². The number of carbonyl (C=O) groups is 2. The molecule has 0 unspecified atom stereocenters. The molecule has 1 fully saturated rings. The number of rotatable bonds is 6. The number of methoxy groups -OCH3 is 1. The lowest BCUT2D eigenvalue weighted by Crippen LogP contribution is -2.32. The average Bonchev–Trinajstić information content (AvgIpc) is 2.90. The fourth-order valence-electron chi connectivity index (χ4n) is 2.74. The Morgan fingerprint density at radius 2 is 1.85 bits per heavy atom. The second-order valence-electron chi connectivity index (χ2n) is 5.64. The number of imide groups is 1. The van der Waals surface area contributed by atoms with Crippen molar-refractivity contribution in [1.29, 1.82) is 0 Å². The molecule has 0 N–H and O–H groups in total. The normalized spacial score (nSPS) is 16.9. The van der Waals surface area contributed by atoms with E-state index >= 15 is 0 Å². The first-order chi connectivity index (χ1) is 12.5. The van der Waals surface area contributed by atoms with E-state index in [1.807, 2.05) is 25.1 Å². The van der Waals surface area contributed by atoms with Crippen molar-refractivity contribution in [1.82, 2.24) is 0 Å². The van der Waals surface area contributed by atoms with Gasteiger partial charge in [-0.1, -0.05) is 29.4 Å². The monoisotopic (exact) mass is 391 g/mol. The second kappa shape index (κ2) is 8.01. The fraction of sp³-hybridized carbons (Fsp3) is 0.263. The van der Waals surface area contributed by atoms with E-state index in [2.05, 4.69) is 0 Å². The molecular weight excluding hydrogens is 374 g/mol. The summed E-state index contributed by atoms with van der Waals surface area (Å²) in [6.45, 7) is 2.41. The van der Waals surface area contributed by atoms with Gasteiger partial charge < -0.3 is 9.47 Å². The third-order valence-corrected chi connectivity index (χ3v) is 5.24. The van der Waals surface area contributed by atoms with Crippen molar-refractivity contribution in [2.45, 2.75) is 18.6 Å². The van der Waals surface area contributed by atoms with E-state index < -0.39 is 5.25 Å². The van der Waals surface area contributed by atoms with E-state index in [0.29, 0.717) is 35.2 Å². The van der Waals surface area contributed by atoms with Crippen LogP contribution in [-0.2, 0) is 11.2 Å². The molecular formula is C19H18ClNO4S. The van der Waals surface area contributed by atoms with Gasteiger partial charge in [-0.2, -0.15) is 0 Å². The highest BCUT2D eigenvalue weighted by molar-refractivity contribution is 8.15. The lowest BCUT2D eigenvalue weighted by Gasteiger charge is -2.15. The third-order valence-electron chi connectivity index (χ3n) is 3.96. The highest BCUT2D eigenvalue weighted by atomic mass is 35.5. The van der Waals surface area contributed by atoms with Crippen LogP contribution in [0.3, 0.4) is 0 Å². The smallest absolute Gasteiger partial charge is 0.293 e. The Bertz CT molecular complexity index is 825. The van der Waals surface area contributed by atoms with Crippen LogP contribution in [0, 0.1) is 0 Å². The lowest BCUT2D eigenvalue weighted by molar-refractivity contribution is -0.117. The molecule has 0 spiro atoms. The average molecular weight is 392 g/mol. The Morgan fingerprint density at radius 1 is 1.12 bits per heavy atom. The van der Waals surface area contributed by atoms with E-state index in [-0.39, 0.29) is 11.1 Å². The quantitative estimate of drug-likeness (QED) is 0.722. The van der Waals surface area contributed by atoms with Crippen molar-refractivity contribution in [3.8, 4) is 11.5 Å². The lowest BCUT2D eigenvalue weighted by atomic mass is 10.1. The predicted molar refractivity (Wildman–Crippen MR) is 104 cm³/mol. The van der Waals surface area contributed by atoms with E-state index in [0.717, 1.165) is 17.3 Å². The molecule has 2 amide bonds. The summed E-state index contributed by atoms with van der Waals surface area (Å²) in [5.74, 6) is 1.04. The van der Waals surface area contributed by atoms with Crippen LogP contribution in [0.5, 0.6) is 11.5 Å². The van der Waals surface area contributed by atoms with Crippen molar-refractivity contribution >= 4 is 40.2 Å². The molecule has 2 aromatic rings. The van der Waals surface area contributed by atoms with Gasteiger partial charge in [0.2, 0.25) is 5.91 Å². The number of anilines is 1. The summed E-state index contributed by atoms with van der Waals surface area (Å²) in [6, 6.07) is 12.2. The number of nitrogens with zero attached hydrogens (tertiary/aromatic N) is 1. The van der Waals surface area contributed by atoms with Crippen LogP contribution in [0.25, 0.3) is 0 Å². The molecule has 0 bridgehead atoms. The first-order valence-electron chi connectivity index (χ1n) is 8.13. The van der Waals surface area contributed by atoms with Gasteiger partial charge in [0.25, 0.3) is 5.24 Å². The maximum absolute atomic E-state index is 12.7. The Hall–Kier alpha value is -2.18. The van der Waals surface area contributed by atoms with Gasteiger partial charge in [0.05, 0.1) is 24.7 Å². The van der Waals surface area contributed by atoms with Crippen molar-refractivity contribution in [2.75, 3.05) is 18.6 Å². The summed E-state index contributed by atoms with van der Waals surface area (Å²) >= 11 is 6.91. The maximum atomic E-state index is 12.7. The molecule has 1 heterocycles. The molecule has 1 aliphatic rings. The number of ether oxygens (including phenoxy) is 2. The van der Waals surface area contributed by atoms with Crippen LogP contribution in [0.4, 0.5) is 10.5 Å². The number of halogens is 1. The summed E-state index contributed by atoms with van der Waals surface area (Å²) in [5.41, 5.74) is 1.44. The topological polar surface area (TPSA) is 55.8 Å². The fourth-order valence-corrected chi connectivity index (χ4v) is 3.89. The molecule has 2 aromatic carbocycles. The van der Waals surface area contributed by atoms with Gasteiger partial charge in [-0.25, -0.2) is 4.90 Å². The minimum Gasteiger partial charge on any atom is -0.493 e. The summed E-state index contributed by atoms with van der Waals surface area (Å²) in [5, 5.41) is -0.194. The standard InChI is InChI=1S/C19H18ClNO4S/c1-3-25-16-10-12(4-9-15(16)24-2)11-17-18(22)21(19(23)26-17)14-7-5-13(20)6-8-14/h4-10,17H,3,11H2,1-2H3/t17-/m1/s1. The zero-order valence-electron chi connectivity index (χ0n) is 14.4. The van der Waals surface area contributed by atoms with Crippen molar-refractivity contribution < 1.29 is 19.1 Å². The molecule has 0 saturated carbocycles. The Balaban J connectivity index is 1.79. The zero-order chi connectivity index (χ0) is 18.7. The number of hydrogen-bond acceptors (Lipinski definition) is 5. The molecule has 0 aliphatic carbocycles. The SMILES string of the molecule is CCOc1cc(C[C@H]2SC(=O)N(c3ccc(Cl)cc3)C2=O)ccc1OC. The molecule has 1 atom stereocenters. The van der Waals surface area contributed by atoms with Crippen molar-refractivity contribution in [3.05, 3.63) is 53.1 Å². The molecule has 3 rings (SSSR count). The Morgan fingerprint density at radius 3 is 2.50 bits per heavy atom. The zero-order valence-corrected chi connectivity index (χ0v) is 16.0. The van der Waals surface area contributed by atoms with E-state index in [1.165, 1.54) is 4.90 Å². The Kier molecular flexibility index (Phi) is 5.74. The van der Waals surface area contributed by atoms with Crippen molar-refractivity contribution in [3.63, 3.8) is 0 Å². The van der Waals surface area contributed by atoms with E-state index in [1.54, 1.807) is 31.4 Å². The summed E-state index contributed by atoms with van der Waals surface area (Å²) in [4.78, 5) is 26.3. The highest BCUT2D eigenvalue weighted by Gasteiger charge is 2.40. The molecule has 1 aliphatic heterocycles. The molecule has 26 heavy (non-hydrogen) atoms. The van der Waals surface area contributed by atoms with E-state index in [9.17, 15) is 9.59 Å². The van der Waals surface area contributed by atoms with Crippen molar-refractivity contribution in [2.24, 2.45) is 0 Å². The van der Waals surface area contributed by atoms with Crippen LogP contribution in [0.2, 0.25) is 5.02 Å². The second-order valence-corrected chi connectivity index (χ2v) is 7.24. The van der Waals surface area contributed by atoms with Crippen LogP contribution in [-0.4, -0.2) is 30.1 Å². The van der Waals surface area contributed by atoms with Crippen LogP contribution in [0.1, 0.15) is 12.5 Å². The van der Waals surface area contributed by atoms with Crippen LogP contribution < -0.4 is 14.4 Å². The minimum absolute atomic E-state index is 0.226. The predicted octanol–water partition coefficient (Wildman–Crippen LogP) is 4.56. The number of thioether (sulfide) groups is 1. The van der Waals surface area contributed by atoms with Gasteiger partial charge in [-0.15, -0.1) is 0 Å². The molecule has 7 heteroatoms. The maximum Gasteiger partial charge on any atom is 0.293 e. The van der Waals surface area contributed by atoms with Gasteiger partial charge in [-0.3, -0.25) is 9.59 Å². The highest BCUT2D eigenvalue weighted by Crippen LogP contribution is 2.35. The van der Waals surface area contributed by atoms with Gasteiger partial charge in [0.1, 0.15) is 0 Å². The van der Waals surface area contributed by atoms with Gasteiger partial charge in [0.15, 0.2) is 11.5 Å². The first-order valence-corrected chi connectivity index (χ1v) is 9.39. The van der Waals surface area contributed by atoms with Crippen LogP contribution in [0.15, 0.2) is 42.5 Å². The van der Waals surface area contributed by atoms with Gasteiger partial charge >= 0.3 is 0 Å². The summed E-state index contributed by atoms with van der Waals surface area (Å²) in [7, 11) is 1.58. The first kappa shape index (κ1) is 18.6. The number of hydrogen-bond donors (Lipinski definition) is 0. The molecule has 5 nitrogen and oxygen atoms in total. The third kappa shape index (κ3) is 3.81. The number of carbonyl (C=O) groups excluding carboxylic acids is 2. The summed E-state index contributed by atoms with van der Waals surface area (Å²) < 4.78 is 10.9. The van der Waals surface area contributed by atoms with Gasteiger partial charge in [0, 0.05) is 5.02 Å². The molecule has 1 saturated heterocycles. The number of amides is 2. The molecule has 0 radical (unpaired) electrons. The minimum atomic E-state index is -0.471. The largest absolute Gasteiger partial charge is 0.493 e. The number of benzene rings is 2. The van der Waals surface area contributed by atoms with Crippen LogP contribution >= 0.6 is 23.4 Å². The summed E-state index contributed by atoms with van der Waals surface area (Å²) in [6.07, 6.45) is 0.434. The molecule has 136 valence electrons. The molecule has 0 aromatic heterocycles. The van der Waals surface area contributed by atoms with E-state index in [4.69, 9.17) is 21.1 Å². The Labute approximate surface area is 161 Å².